The van der Waals surface area contributed by atoms with Crippen molar-refractivity contribution in [3.8, 4) is 11.5 Å². The number of methoxy groups -OCH3 is 1. The van der Waals surface area contributed by atoms with Gasteiger partial charge in [0.05, 0.1) is 19.2 Å². The molecule has 0 bridgehead atoms. The second-order valence-corrected chi connectivity index (χ2v) is 6.77. The first kappa shape index (κ1) is 23.6. The topological polar surface area (TPSA) is 90.0 Å². The summed E-state index contributed by atoms with van der Waals surface area (Å²) in [5, 5.41) is 4.06. The quantitative estimate of drug-likeness (QED) is 0.289. The van der Waals surface area contributed by atoms with Crippen molar-refractivity contribution in [2.75, 3.05) is 7.11 Å². The molecule has 0 amide bonds. The van der Waals surface area contributed by atoms with E-state index < -0.39 is 17.9 Å². The predicted molar refractivity (Wildman–Crippen MR) is 113 cm³/mol. The summed E-state index contributed by atoms with van der Waals surface area (Å²) in [6.45, 7) is 0.120. The minimum Gasteiger partial charge on any atom is -0.497 e. The van der Waals surface area contributed by atoms with Crippen molar-refractivity contribution in [2.45, 2.75) is 19.4 Å². The number of nitrogens with zero attached hydrogens (tertiary/aromatic N) is 1. The molecule has 1 aromatic heterocycles. The third-order valence-corrected chi connectivity index (χ3v) is 4.42. The fraction of sp³-hybridized carbons (Fsp3) is 0.174. The number of ether oxygens (including phenoxy) is 2. The number of carbonyl (C=O) groups is 1. The maximum atomic E-state index is 12.7. The lowest BCUT2D eigenvalue weighted by Crippen LogP contribution is -2.17. The van der Waals surface area contributed by atoms with Crippen molar-refractivity contribution >= 4 is 11.5 Å². The van der Waals surface area contributed by atoms with Crippen LogP contribution in [0.4, 0.5) is 13.2 Å². The molecule has 7 nitrogen and oxygen atoms in total. The van der Waals surface area contributed by atoms with Gasteiger partial charge < -0.3 is 19.3 Å². The number of halogens is 3. The summed E-state index contributed by atoms with van der Waals surface area (Å²) >= 11 is 0. The zero-order valence-electron chi connectivity index (χ0n) is 17.4. The monoisotopic (exact) mass is 460 g/mol. The van der Waals surface area contributed by atoms with Crippen LogP contribution in [-0.4, -0.2) is 30.0 Å². The molecule has 0 aliphatic heterocycles. The van der Waals surface area contributed by atoms with Crippen LogP contribution in [0.3, 0.4) is 0 Å². The Bertz CT molecular complexity index is 1150. The molecule has 3 aromatic rings. The molecule has 0 spiro atoms. The van der Waals surface area contributed by atoms with Gasteiger partial charge >= 0.3 is 6.36 Å². The van der Waals surface area contributed by atoms with Crippen molar-refractivity contribution in [3.63, 3.8) is 0 Å². The minimum atomic E-state index is -4.82. The van der Waals surface area contributed by atoms with Crippen LogP contribution in [0.2, 0.25) is 0 Å². The maximum Gasteiger partial charge on any atom is 0.573 e. The Labute approximate surface area is 186 Å². The number of aromatic nitrogens is 1. The lowest BCUT2D eigenvalue weighted by molar-refractivity contribution is -0.274. The summed E-state index contributed by atoms with van der Waals surface area (Å²) in [5.41, 5.74) is 1.34. The van der Waals surface area contributed by atoms with Gasteiger partial charge in [0, 0.05) is 23.4 Å². The largest absolute Gasteiger partial charge is 0.573 e. The molecule has 0 aliphatic carbocycles. The van der Waals surface area contributed by atoms with Gasteiger partial charge in [0.1, 0.15) is 18.1 Å². The zero-order valence-corrected chi connectivity index (χ0v) is 17.4. The van der Waals surface area contributed by atoms with Crippen LogP contribution in [0.25, 0.3) is 0 Å². The molecule has 33 heavy (non-hydrogen) atoms. The average molecular weight is 460 g/mol. The summed E-state index contributed by atoms with van der Waals surface area (Å²) in [7, 11) is 1.56. The van der Waals surface area contributed by atoms with Gasteiger partial charge in [-0.15, -0.1) is 13.2 Å². The van der Waals surface area contributed by atoms with Gasteiger partial charge in [0.2, 0.25) is 5.56 Å². The van der Waals surface area contributed by atoms with E-state index in [4.69, 9.17) is 9.57 Å². The lowest BCUT2D eigenvalue weighted by atomic mass is 10.0. The van der Waals surface area contributed by atoms with E-state index in [1.165, 1.54) is 30.5 Å². The number of aromatic amines is 1. The summed E-state index contributed by atoms with van der Waals surface area (Å²) in [6, 6.07) is 14.5. The third kappa shape index (κ3) is 7.23. The number of Topliss-reactive ketones (excluding diaryl/α,β-unsaturated/α-hetero) is 1. The average Bonchev–Trinajstić information content (AvgIpc) is 2.79. The Kier molecular flexibility index (Phi) is 7.50. The van der Waals surface area contributed by atoms with Crippen LogP contribution in [0.5, 0.6) is 11.5 Å². The Morgan fingerprint density at radius 3 is 2.15 bits per heavy atom. The van der Waals surface area contributed by atoms with E-state index in [-0.39, 0.29) is 29.9 Å². The highest BCUT2D eigenvalue weighted by molar-refractivity contribution is 6.15. The first-order valence-electron chi connectivity index (χ1n) is 9.63. The molecule has 1 N–H and O–H groups in total. The van der Waals surface area contributed by atoms with Crippen molar-refractivity contribution in [3.05, 3.63) is 93.9 Å². The SMILES string of the molecule is COc1ccc(CON=C(CC(=O)c2ccc(OC(F)(F)F)cc2)c2ccc(=O)[nH]c2)cc1. The Morgan fingerprint density at radius 2 is 1.58 bits per heavy atom. The molecule has 172 valence electrons. The number of oxime groups is 1. The van der Waals surface area contributed by atoms with Crippen molar-refractivity contribution in [1.82, 2.24) is 4.98 Å². The molecule has 1 heterocycles. The molecule has 3 rings (SSSR count). The predicted octanol–water partition coefficient (Wildman–Crippen LogP) is 4.48. The number of nitrogens with one attached hydrogen (secondary N) is 1. The van der Waals surface area contributed by atoms with Gasteiger partial charge in [-0.3, -0.25) is 9.59 Å². The lowest BCUT2D eigenvalue weighted by Gasteiger charge is -2.10. The number of ketones is 1. The minimum absolute atomic E-state index is 0.120. The van der Waals surface area contributed by atoms with Crippen LogP contribution in [-0.2, 0) is 11.4 Å². The zero-order chi connectivity index (χ0) is 23.8. The molecule has 0 aliphatic rings. The van der Waals surface area contributed by atoms with Crippen LogP contribution < -0.4 is 15.0 Å². The Morgan fingerprint density at radius 1 is 0.939 bits per heavy atom. The first-order chi connectivity index (χ1) is 15.7. The maximum absolute atomic E-state index is 12.7. The molecule has 0 radical (unpaired) electrons. The summed E-state index contributed by atoms with van der Waals surface area (Å²) in [4.78, 5) is 32.0. The van der Waals surface area contributed by atoms with Crippen LogP contribution in [0.1, 0.15) is 27.9 Å². The molecule has 0 saturated heterocycles. The van der Waals surface area contributed by atoms with E-state index in [0.717, 1.165) is 17.7 Å². The van der Waals surface area contributed by atoms with E-state index in [1.54, 1.807) is 31.4 Å². The molecule has 0 unspecified atom stereocenters. The number of H-pyrrole nitrogens is 1. The normalized spacial score (nSPS) is 11.7. The number of hydrogen-bond donors (Lipinski definition) is 1. The van der Waals surface area contributed by atoms with Crippen molar-refractivity contribution in [1.29, 1.82) is 0 Å². The number of alkyl halides is 3. The Balaban J connectivity index is 1.74. The fourth-order valence-corrected chi connectivity index (χ4v) is 2.78. The van der Waals surface area contributed by atoms with Crippen molar-refractivity contribution < 1.29 is 32.3 Å². The van der Waals surface area contributed by atoms with E-state index in [1.807, 2.05) is 0 Å². The number of pyridine rings is 1. The highest BCUT2D eigenvalue weighted by atomic mass is 19.4. The van der Waals surface area contributed by atoms with E-state index in [9.17, 15) is 22.8 Å². The van der Waals surface area contributed by atoms with Crippen LogP contribution >= 0.6 is 0 Å². The van der Waals surface area contributed by atoms with Crippen molar-refractivity contribution in [2.24, 2.45) is 5.16 Å². The second-order valence-electron chi connectivity index (χ2n) is 6.77. The number of carbonyl (C=O) groups excluding carboxylic acids is 1. The molecule has 10 heteroatoms. The van der Waals surface area contributed by atoms with E-state index >= 15 is 0 Å². The van der Waals surface area contributed by atoms with Gasteiger partial charge in [-0.1, -0.05) is 17.3 Å². The second kappa shape index (κ2) is 10.5. The molecular weight excluding hydrogens is 441 g/mol. The number of rotatable bonds is 9. The van der Waals surface area contributed by atoms with Gasteiger partial charge in [-0.25, -0.2) is 0 Å². The molecule has 0 fully saturated rings. The van der Waals surface area contributed by atoms with Gasteiger partial charge in [0.25, 0.3) is 0 Å². The van der Waals surface area contributed by atoms with E-state index in [2.05, 4.69) is 14.9 Å². The van der Waals surface area contributed by atoms with E-state index in [0.29, 0.717) is 11.3 Å². The van der Waals surface area contributed by atoms with Crippen LogP contribution in [0.15, 0.2) is 76.8 Å². The smallest absolute Gasteiger partial charge is 0.497 e. The Hall–Kier alpha value is -4.08. The van der Waals surface area contributed by atoms with Gasteiger partial charge in [-0.05, 0) is 48.0 Å². The summed E-state index contributed by atoms with van der Waals surface area (Å²) in [5.74, 6) is -0.156. The molecular formula is C23H19F3N2O5. The highest BCUT2D eigenvalue weighted by Gasteiger charge is 2.31. The summed E-state index contributed by atoms with van der Waals surface area (Å²) in [6.07, 6.45) is -3.64. The van der Waals surface area contributed by atoms with Gasteiger partial charge in [0.15, 0.2) is 5.78 Å². The number of hydrogen-bond acceptors (Lipinski definition) is 6. The fourth-order valence-electron chi connectivity index (χ4n) is 2.78. The third-order valence-electron chi connectivity index (χ3n) is 4.42. The molecule has 2 aromatic carbocycles. The van der Waals surface area contributed by atoms with Gasteiger partial charge in [-0.2, -0.15) is 0 Å². The number of benzene rings is 2. The van der Waals surface area contributed by atoms with Crippen LogP contribution in [0, 0.1) is 0 Å². The standard InChI is InChI=1S/C23H19F3N2O5/c1-31-18-7-2-15(3-8-18)14-32-28-20(17-6-11-22(30)27-13-17)12-21(29)16-4-9-19(10-5-16)33-23(24,25)26/h2-11,13H,12,14H2,1H3,(H,27,30). The molecule has 0 saturated carbocycles. The summed E-state index contributed by atoms with van der Waals surface area (Å²) < 4.78 is 45.9. The molecule has 0 atom stereocenters. The highest BCUT2D eigenvalue weighted by Crippen LogP contribution is 2.23. The first-order valence-corrected chi connectivity index (χ1v) is 9.63.